The Labute approximate surface area is 167 Å². The first-order valence-corrected chi connectivity index (χ1v) is 8.92. The van der Waals surface area contributed by atoms with Crippen LogP contribution in [0.25, 0.3) is 11.0 Å². The van der Waals surface area contributed by atoms with Gasteiger partial charge in [0.25, 0.3) is 0 Å². The molecule has 0 spiro atoms. The first kappa shape index (κ1) is 20.1. The van der Waals surface area contributed by atoms with Crippen LogP contribution in [0.3, 0.4) is 0 Å². The van der Waals surface area contributed by atoms with Crippen LogP contribution in [0.1, 0.15) is 18.0 Å². The van der Waals surface area contributed by atoms with Gasteiger partial charge in [-0.3, -0.25) is 9.59 Å². The first-order chi connectivity index (χ1) is 14.0. The summed E-state index contributed by atoms with van der Waals surface area (Å²) in [6, 6.07) is 12.0. The zero-order valence-corrected chi connectivity index (χ0v) is 16.4. The molecule has 0 radical (unpaired) electrons. The lowest BCUT2D eigenvalue weighted by molar-refractivity contribution is -0.141. The Morgan fingerprint density at radius 1 is 1.07 bits per heavy atom. The van der Waals surface area contributed by atoms with Gasteiger partial charge in [-0.1, -0.05) is 23.4 Å². The minimum Gasteiger partial charge on any atom is -0.493 e. The van der Waals surface area contributed by atoms with Gasteiger partial charge in [0.05, 0.1) is 39.3 Å². The SMILES string of the molecule is COC(=O)CC(NC(=O)Cn1nnc2ccccc21)c1ccc(OC)c(OC)c1. The summed E-state index contributed by atoms with van der Waals surface area (Å²) in [4.78, 5) is 24.6. The lowest BCUT2D eigenvalue weighted by atomic mass is 10.0. The second-order valence-corrected chi connectivity index (χ2v) is 6.25. The summed E-state index contributed by atoms with van der Waals surface area (Å²) >= 11 is 0. The van der Waals surface area contributed by atoms with Crippen LogP contribution in [0.15, 0.2) is 42.5 Å². The van der Waals surface area contributed by atoms with E-state index >= 15 is 0 Å². The second kappa shape index (κ2) is 9.05. The van der Waals surface area contributed by atoms with Gasteiger partial charge in [0.2, 0.25) is 5.91 Å². The Hall–Kier alpha value is -3.62. The van der Waals surface area contributed by atoms with E-state index in [1.165, 1.54) is 26.0 Å². The molecule has 3 aromatic rings. The van der Waals surface area contributed by atoms with Crippen molar-refractivity contribution in [3.63, 3.8) is 0 Å². The summed E-state index contributed by atoms with van der Waals surface area (Å²) in [5.41, 5.74) is 2.13. The maximum absolute atomic E-state index is 12.7. The predicted octanol–water partition coefficient (Wildman–Crippen LogP) is 1.87. The summed E-state index contributed by atoms with van der Waals surface area (Å²) in [6.45, 7) is -0.0362. The molecule has 0 fully saturated rings. The van der Waals surface area contributed by atoms with Crippen LogP contribution in [0.5, 0.6) is 11.5 Å². The lowest BCUT2D eigenvalue weighted by Crippen LogP contribution is -2.33. The van der Waals surface area contributed by atoms with Gasteiger partial charge in [-0.15, -0.1) is 5.10 Å². The first-order valence-electron chi connectivity index (χ1n) is 8.92. The van der Waals surface area contributed by atoms with Gasteiger partial charge in [0.1, 0.15) is 12.1 Å². The van der Waals surface area contributed by atoms with Crippen molar-refractivity contribution < 1.29 is 23.8 Å². The van der Waals surface area contributed by atoms with Crippen molar-refractivity contribution in [1.82, 2.24) is 20.3 Å². The highest BCUT2D eigenvalue weighted by molar-refractivity contribution is 5.80. The molecule has 0 bridgehead atoms. The standard InChI is InChI=1S/C20H22N4O5/c1-27-17-9-8-13(10-18(17)28-2)15(11-20(26)29-3)21-19(25)12-24-16-7-5-4-6-14(16)22-23-24/h4-10,15H,11-12H2,1-3H3,(H,21,25). The molecule has 0 saturated heterocycles. The molecule has 0 aliphatic heterocycles. The molecule has 9 heteroatoms. The maximum Gasteiger partial charge on any atom is 0.307 e. The fraction of sp³-hybridized carbons (Fsp3) is 0.300. The molecule has 3 rings (SSSR count). The molecule has 1 atom stereocenters. The predicted molar refractivity (Wildman–Crippen MR) is 105 cm³/mol. The number of ether oxygens (including phenoxy) is 3. The van der Waals surface area contributed by atoms with Gasteiger partial charge < -0.3 is 19.5 Å². The molecule has 1 N–H and O–H groups in total. The van der Waals surface area contributed by atoms with Crippen molar-refractivity contribution in [3.8, 4) is 11.5 Å². The third-order valence-electron chi connectivity index (χ3n) is 4.46. The third-order valence-corrected chi connectivity index (χ3v) is 4.46. The van der Waals surface area contributed by atoms with E-state index in [1.54, 1.807) is 18.2 Å². The third kappa shape index (κ3) is 4.63. The molecule has 0 aliphatic carbocycles. The van der Waals surface area contributed by atoms with E-state index in [0.717, 1.165) is 5.52 Å². The van der Waals surface area contributed by atoms with Gasteiger partial charge in [-0.05, 0) is 29.8 Å². The van der Waals surface area contributed by atoms with Gasteiger partial charge in [-0.25, -0.2) is 4.68 Å². The summed E-state index contributed by atoms with van der Waals surface area (Å²) in [5.74, 6) is 0.283. The van der Waals surface area contributed by atoms with Crippen LogP contribution in [-0.2, 0) is 20.9 Å². The summed E-state index contributed by atoms with van der Waals surface area (Å²) in [6.07, 6.45) is -0.0319. The van der Waals surface area contributed by atoms with E-state index in [4.69, 9.17) is 14.2 Å². The van der Waals surface area contributed by atoms with Crippen molar-refractivity contribution in [3.05, 3.63) is 48.0 Å². The van der Waals surface area contributed by atoms with Crippen molar-refractivity contribution in [1.29, 1.82) is 0 Å². The van der Waals surface area contributed by atoms with E-state index in [9.17, 15) is 9.59 Å². The number of hydrogen-bond acceptors (Lipinski definition) is 7. The molecule has 1 amide bonds. The largest absolute Gasteiger partial charge is 0.493 e. The number of amides is 1. The van der Waals surface area contributed by atoms with Gasteiger partial charge >= 0.3 is 5.97 Å². The van der Waals surface area contributed by atoms with Gasteiger partial charge in [-0.2, -0.15) is 0 Å². The number of nitrogens with one attached hydrogen (secondary N) is 1. The molecule has 2 aromatic carbocycles. The molecular formula is C20H22N4O5. The Kier molecular flexibility index (Phi) is 6.28. The van der Waals surface area contributed by atoms with Gasteiger partial charge in [0.15, 0.2) is 11.5 Å². The fourth-order valence-corrected chi connectivity index (χ4v) is 2.98. The Bertz CT molecular complexity index is 1020. The van der Waals surface area contributed by atoms with Crippen LogP contribution < -0.4 is 14.8 Å². The molecule has 1 aromatic heterocycles. The zero-order valence-electron chi connectivity index (χ0n) is 16.4. The van der Waals surface area contributed by atoms with Crippen LogP contribution in [-0.4, -0.2) is 48.2 Å². The Morgan fingerprint density at radius 2 is 1.83 bits per heavy atom. The number of hydrogen-bond donors (Lipinski definition) is 1. The number of carbonyl (C=O) groups is 2. The van der Waals surface area contributed by atoms with Crippen molar-refractivity contribution in [2.24, 2.45) is 0 Å². The number of rotatable bonds is 8. The lowest BCUT2D eigenvalue weighted by Gasteiger charge is -2.20. The molecular weight excluding hydrogens is 376 g/mol. The number of methoxy groups -OCH3 is 3. The number of aromatic nitrogens is 3. The molecule has 29 heavy (non-hydrogen) atoms. The van der Waals surface area contributed by atoms with E-state index in [0.29, 0.717) is 22.6 Å². The normalized spacial score (nSPS) is 11.7. The average Bonchev–Trinajstić information content (AvgIpc) is 3.15. The van der Waals surface area contributed by atoms with E-state index in [2.05, 4.69) is 15.6 Å². The van der Waals surface area contributed by atoms with Crippen LogP contribution in [0.2, 0.25) is 0 Å². The van der Waals surface area contributed by atoms with Gasteiger partial charge in [0, 0.05) is 0 Å². The summed E-state index contributed by atoms with van der Waals surface area (Å²) in [5, 5.41) is 10.9. The number of esters is 1. The summed E-state index contributed by atoms with van der Waals surface area (Å²) in [7, 11) is 4.36. The highest BCUT2D eigenvalue weighted by Crippen LogP contribution is 2.31. The van der Waals surface area contributed by atoms with Crippen LogP contribution >= 0.6 is 0 Å². The molecule has 1 unspecified atom stereocenters. The van der Waals surface area contributed by atoms with Crippen LogP contribution in [0, 0.1) is 0 Å². The van der Waals surface area contributed by atoms with E-state index < -0.39 is 12.0 Å². The molecule has 0 saturated carbocycles. The molecule has 9 nitrogen and oxygen atoms in total. The Balaban J connectivity index is 1.81. The summed E-state index contributed by atoms with van der Waals surface area (Å²) < 4.78 is 16.8. The number of benzene rings is 2. The number of fused-ring (bicyclic) bond motifs is 1. The van der Waals surface area contributed by atoms with E-state index in [1.807, 2.05) is 24.3 Å². The molecule has 0 aliphatic rings. The second-order valence-electron chi connectivity index (χ2n) is 6.25. The monoisotopic (exact) mass is 398 g/mol. The minimum atomic E-state index is -0.607. The highest BCUT2D eigenvalue weighted by Gasteiger charge is 2.21. The minimum absolute atomic E-state index is 0.0319. The molecule has 152 valence electrons. The average molecular weight is 398 g/mol. The Morgan fingerprint density at radius 3 is 2.55 bits per heavy atom. The van der Waals surface area contributed by atoms with Crippen molar-refractivity contribution >= 4 is 22.9 Å². The number of carbonyl (C=O) groups excluding carboxylic acids is 2. The van der Waals surface area contributed by atoms with Crippen molar-refractivity contribution in [2.45, 2.75) is 19.0 Å². The fourth-order valence-electron chi connectivity index (χ4n) is 2.98. The topological polar surface area (TPSA) is 105 Å². The molecule has 1 heterocycles. The number of para-hydroxylation sites is 1. The quantitative estimate of drug-likeness (QED) is 0.578. The number of nitrogens with zero attached hydrogens (tertiary/aromatic N) is 3. The zero-order chi connectivity index (χ0) is 20.8. The van der Waals surface area contributed by atoms with Crippen LogP contribution in [0.4, 0.5) is 0 Å². The van der Waals surface area contributed by atoms with Crippen molar-refractivity contribution in [2.75, 3.05) is 21.3 Å². The maximum atomic E-state index is 12.7. The van der Waals surface area contributed by atoms with E-state index in [-0.39, 0.29) is 18.9 Å². The highest BCUT2D eigenvalue weighted by atomic mass is 16.5. The smallest absolute Gasteiger partial charge is 0.307 e.